The van der Waals surface area contributed by atoms with Gasteiger partial charge in [-0.1, -0.05) is 35.3 Å². The van der Waals surface area contributed by atoms with E-state index in [0.29, 0.717) is 35.1 Å². The molecule has 1 unspecified atom stereocenters. The van der Waals surface area contributed by atoms with Crippen molar-refractivity contribution in [1.82, 2.24) is 4.90 Å². The van der Waals surface area contributed by atoms with E-state index in [9.17, 15) is 4.79 Å². The Morgan fingerprint density at radius 3 is 2.85 bits per heavy atom. The largest absolute Gasteiger partial charge is 0.411 e. The predicted molar refractivity (Wildman–Crippen MR) is 80.0 cm³/mol. The maximum absolute atomic E-state index is 12.5. The second kappa shape index (κ2) is 6.46. The summed E-state index contributed by atoms with van der Waals surface area (Å²) < 4.78 is 0. The molecule has 0 saturated carbocycles. The number of hydrogen-bond acceptors (Lipinski definition) is 3. The van der Waals surface area contributed by atoms with Crippen LogP contribution in [0, 0.1) is 5.92 Å². The number of carbonyl (C=O) groups excluding carboxylic acids is 1. The molecule has 1 aliphatic rings. The lowest BCUT2D eigenvalue weighted by Crippen LogP contribution is -2.44. The fourth-order valence-electron chi connectivity index (χ4n) is 2.43. The zero-order valence-electron chi connectivity index (χ0n) is 11.1. The normalized spacial score (nSPS) is 21.2. The molecule has 0 aromatic heterocycles. The minimum absolute atomic E-state index is 0.101. The monoisotopic (exact) mass is 314 g/mol. The number of piperidine rings is 1. The summed E-state index contributed by atoms with van der Waals surface area (Å²) in [7, 11) is 0. The van der Waals surface area contributed by atoms with E-state index in [2.05, 4.69) is 5.16 Å². The molecular formula is C14H16Cl2N2O2. The van der Waals surface area contributed by atoms with E-state index in [0.717, 1.165) is 12.1 Å². The Kier molecular flexibility index (Phi) is 4.89. The number of benzene rings is 1. The van der Waals surface area contributed by atoms with Crippen LogP contribution in [0.15, 0.2) is 23.4 Å². The molecule has 1 aliphatic heterocycles. The van der Waals surface area contributed by atoms with Crippen LogP contribution in [-0.4, -0.2) is 34.8 Å². The fraction of sp³-hybridized carbons (Fsp3) is 0.429. The van der Waals surface area contributed by atoms with E-state index < -0.39 is 0 Å². The Morgan fingerprint density at radius 2 is 2.25 bits per heavy atom. The molecule has 0 bridgehead atoms. The number of likely N-dealkylation sites (tertiary alicyclic amines) is 1. The van der Waals surface area contributed by atoms with Gasteiger partial charge in [0.25, 0.3) is 5.91 Å². The SMILES string of the molecule is CCC1CN(C(=O)c2ccc(Cl)cc2Cl)CC/C1=N\O. The molecule has 4 nitrogen and oxygen atoms in total. The lowest BCUT2D eigenvalue weighted by molar-refractivity contribution is 0.0729. The Hall–Kier alpha value is -1.26. The fourth-order valence-corrected chi connectivity index (χ4v) is 2.92. The highest BCUT2D eigenvalue weighted by Crippen LogP contribution is 2.25. The molecule has 0 aliphatic carbocycles. The second-order valence-electron chi connectivity index (χ2n) is 4.82. The van der Waals surface area contributed by atoms with Crippen LogP contribution in [0.5, 0.6) is 0 Å². The molecule has 20 heavy (non-hydrogen) atoms. The van der Waals surface area contributed by atoms with Crippen LogP contribution < -0.4 is 0 Å². The molecule has 1 N–H and O–H groups in total. The van der Waals surface area contributed by atoms with Gasteiger partial charge in [-0.2, -0.15) is 0 Å². The molecule has 1 heterocycles. The van der Waals surface area contributed by atoms with Crippen molar-refractivity contribution in [2.75, 3.05) is 13.1 Å². The van der Waals surface area contributed by atoms with E-state index in [4.69, 9.17) is 28.4 Å². The van der Waals surface area contributed by atoms with Gasteiger partial charge in [0, 0.05) is 30.5 Å². The summed E-state index contributed by atoms with van der Waals surface area (Å²) in [6.07, 6.45) is 1.42. The minimum atomic E-state index is -0.109. The lowest BCUT2D eigenvalue weighted by atomic mass is 9.93. The quantitative estimate of drug-likeness (QED) is 0.668. The summed E-state index contributed by atoms with van der Waals surface area (Å²) in [6, 6.07) is 4.87. The number of hydrogen-bond donors (Lipinski definition) is 1. The Balaban J connectivity index is 2.18. The standard InChI is InChI=1S/C14H16Cl2N2O2/c1-2-9-8-18(6-5-13(9)17-20)14(19)11-4-3-10(15)7-12(11)16/h3-4,7,9,20H,2,5-6,8H2,1H3/b17-13+. The number of nitrogens with zero attached hydrogens (tertiary/aromatic N) is 2. The van der Waals surface area contributed by atoms with Crippen molar-refractivity contribution in [2.45, 2.75) is 19.8 Å². The van der Waals surface area contributed by atoms with Gasteiger partial charge in [-0.15, -0.1) is 0 Å². The molecule has 1 saturated heterocycles. The van der Waals surface area contributed by atoms with Crippen LogP contribution in [0.4, 0.5) is 0 Å². The number of amides is 1. The van der Waals surface area contributed by atoms with Gasteiger partial charge in [0.05, 0.1) is 16.3 Å². The van der Waals surface area contributed by atoms with Gasteiger partial charge in [-0.05, 0) is 24.6 Å². The highest BCUT2D eigenvalue weighted by molar-refractivity contribution is 6.36. The van der Waals surface area contributed by atoms with Crippen molar-refractivity contribution in [3.63, 3.8) is 0 Å². The first-order chi connectivity index (χ1) is 9.56. The maximum atomic E-state index is 12.5. The van der Waals surface area contributed by atoms with E-state index >= 15 is 0 Å². The van der Waals surface area contributed by atoms with Gasteiger partial charge < -0.3 is 10.1 Å². The highest BCUT2D eigenvalue weighted by atomic mass is 35.5. The number of oxime groups is 1. The van der Waals surface area contributed by atoms with Gasteiger partial charge in [0.2, 0.25) is 0 Å². The first-order valence-electron chi connectivity index (χ1n) is 6.52. The second-order valence-corrected chi connectivity index (χ2v) is 5.67. The van der Waals surface area contributed by atoms with Gasteiger partial charge >= 0.3 is 0 Å². The molecule has 1 fully saturated rings. The van der Waals surface area contributed by atoms with Crippen LogP contribution in [0.1, 0.15) is 30.1 Å². The van der Waals surface area contributed by atoms with Crippen molar-refractivity contribution < 1.29 is 10.0 Å². The van der Waals surface area contributed by atoms with E-state index in [1.807, 2.05) is 6.92 Å². The summed E-state index contributed by atoms with van der Waals surface area (Å²) in [5.41, 5.74) is 1.22. The molecule has 1 amide bonds. The smallest absolute Gasteiger partial charge is 0.255 e. The van der Waals surface area contributed by atoms with Crippen molar-refractivity contribution in [1.29, 1.82) is 0 Å². The number of rotatable bonds is 2. The van der Waals surface area contributed by atoms with Crippen LogP contribution >= 0.6 is 23.2 Å². The van der Waals surface area contributed by atoms with Gasteiger partial charge in [-0.25, -0.2) is 0 Å². The first-order valence-corrected chi connectivity index (χ1v) is 7.27. The van der Waals surface area contributed by atoms with Crippen LogP contribution in [0.3, 0.4) is 0 Å². The topological polar surface area (TPSA) is 52.9 Å². The molecule has 108 valence electrons. The average Bonchev–Trinajstić information content (AvgIpc) is 2.45. The first kappa shape index (κ1) is 15.1. The van der Waals surface area contributed by atoms with Crippen LogP contribution in [-0.2, 0) is 0 Å². The third kappa shape index (κ3) is 3.07. The van der Waals surface area contributed by atoms with Crippen LogP contribution in [0.25, 0.3) is 0 Å². The number of carbonyl (C=O) groups is 1. The van der Waals surface area contributed by atoms with E-state index in [1.54, 1.807) is 23.1 Å². The van der Waals surface area contributed by atoms with Crippen molar-refractivity contribution >= 4 is 34.8 Å². The zero-order chi connectivity index (χ0) is 14.7. The van der Waals surface area contributed by atoms with Gasteiger partial charge in [0.1, 0.15) is 0 Å². The Labute approximate surface area is 128 Å². The molecule has 1 atom stereocenters. The third-order valence-electron chi connectivity index (χ3n) is 3.62. The van der Waals surface area contributed by atoms with Gasteiger partial charge in [-0.3, -0.25) is 4.79 Å². The molecule has 1 aromatic rings. The molecule has 6 heteroatoms. The van der Waals surface area contributed by atoms with Crippen LogP contribution in [0.2, 0.25) is 10.0 Å². The lowest BCUT2D eigenvalue weighted by Gasteiger charge is -2.33. The summed E-state index contributed by atoms with van der Waals surface area (Å²) in [4.78, 5) is 14.2. The molecule has 2 rings (SSSR count). The summed E-state index contributed by atoms with van der Waals surface area (Å²) in [6.45, 7) is 3.10. The minimum Gasteiger partial charge on any atom is -0.411 e. The van der Waals surface area contributed by atoms with E-state index in [-0.39, 0.29) is 11.8 Å². The molecule has 1 aromatic carbocycles. The number of halogens is 2. The van der Waals surface area contributed by atoms with Crippen molar-refractivity contribution in [3.8, 4) is 0 Å². The summed E-state index contributed by atoms with van der Waals surface area (Å²) in [5.74, 6) is -0.00844. The van der Waals surface area contributed by atoms with Gasteiger partial charge in [0.15, 0.2) is 0 Å². The average molecular weight is 315 g/mol. The third-order valence-corrected chi connectivity index (χ3v) is 4.17. The molecular weight excluding hydrogens is 299 g/mol. The predicted octanol–water partition coefficient (Wildman–Crippen LogP) is 3.70. The Morgan fingerprint density at radius 1 is 1.50 bits per heavy atom. The van der Waals surface area contributed by atoms with Crippen molar-refractivity contribution in [2.24, 2.45) is 11.1 Å². The maximum Gasteiger partial charge on any atom is 0.255 e. The summed E-state index contributed by atoms with van der Waals surface area (Å²) in [5, 5.41) is 13.2. The molecule has 0 radical (unpaired) electrons. The molecule has 0 spiro atoms. The highest BCUT2D eigenvalue weighted by Gasteiger charge is 2.29. The van der Waals surface area contributed by atoms with Crippen molar-refractivity contribution in [3.05, 3.63) is 33.8 Å². The van der Waals surface area contributed by atoms with E-state index in [1.165, 1.54) is 0 Å². The Bertz CT molecular complexity index is 546. The summed E-state index contributed by atoms with van der Waals surface area (Å²) >= 11 is 11.9. The zero-order valence-corrected chi connectivity index (χ0v) is 12.7.